The highest BCUT2D eigenvalue weighted by molar-refractivity contribution is 6.37. The van der Waals surface area contributed by atoms with Gasteiger partial charge in [0.05, 0.1) is 35.0 Å². The van der Waals surface area contributed by atoms with Crippen molar-refractivity contribution in [2.24, 2.45) is 0 Å². The first kappa shape index (κ1) is 20.6. The van der Waals surface area contributed by atoms with E-state index in [0.29, 0.717) is 16.7 Å². The van der Waals surface area contributed by atoms with Crippen LogP contribution in [0, 0.1) is 11.3 Å². The van der Waals surface area contributed by atoms with Crippen LogP contribution in [0.3, 0.4) is 0 Å². The van der Waals surface area contributed by atoms with E-state index in [9.17, 15) is 9.18 Å². The summed E-state index contributed by atoms with van der Waals surface area (Å²) in [6.07, 6.45) is 1.17. The van der Waals surface area contributed by atoms with E-state index in [1.807, 2.05) is 6.07 Å². The van der Waals surface area contributed by atoms with Crippen LogP contribution in [0.5, 0.6) is 5.75 Å². The van der Waals surface area contributed by atoms with Crippen LogP contribution in [0.25, 0.3) is 5.57 Å². The van der Waals surface area contributed by atoms with E-state index in [1.54, 1.807) is 24.3 Å². The normalized spacial score (nSPS) is 10.9. The van der Waals surface area contributed by atoms with Crippen LogP contribution in [0.4, 0.5) is 4.39 Å². The molecule has 0 heterocycles. The number of halogens is 3. The van der Waals surface area contributed by atoms with Crippen LogP contribution in [0.1, 0.15) is 16.7 Å². The monoisotopic (exact) mass is 409 g/mol. The molecule has 0 aromatic heterocycles. The molecule has 0 atom stereocenters. The molecule has 0 saturated carbocycles. The molecule has 0 spiro atoms. The highest BCUT2D eigenvalue weighted by atomic mass is 35.5. The van der Waals surface area contributed by atoms with Gasteiger partial charge in [-0.15, -0.1) is 0 Å². The first-order valence-corrected chi connectivity index (χ1v) is 8.33. The summed E-state index contributed by atoms with van der Waals surface area (Å²) in [4.78, 5) is 12.0. The van der Waals surface area contributed by atoms with E-state index in [4.69, 9.17) is 37.9 Å². The molecule has 0 bridgehead atoms. The summed E-state index contributed by atoms with van der Waals surface area (Å²) in [6.45, 7) is -1.25. The Hall–Kier alpha value is -2.75. The van der Waals surface area contributed by atoms with E-state index in [2.05, 4.69) is 4.74 Å². The number of benzene rings is 2. The lowest BCUT2D eigenvalue weighted by molar-refractivity contribution is -0.140. The minimum atomic E-state index is -1.25. The van der Waals surface area contributed by atoms with Crippen molar-refractivity contribution in [2.75, 3.05) is 14.0 Å². The maximum absolute atomic E-state index is 12.4. The number of alkyl halides is 1. The van der Waals surface area contributed by atoms with Crippen molar-refractivity contribution in [3.8, 4) is 11.8 Å². The molecule has 2 aromatic carbocycles. The number of nitrogens with zero attached hydrogens (tertiary/aromatic N) is 1. The summed E-state index contributed by atoms with van der Waals surface area (Å²) in [5.74, 6) is -0.669. The molecule has 0 aliphatic rings. The van der Waals surface area contributed by atoms with Gasteiger partial charge in [0.2, 0.25) is 6.86 Å². The quantitative estimate of drug-likeness (QED) is 0.369. The molecule has 0 unspecified atom stereocenters. The second kappa shape index (κ2) is 9.81. The van der Waals surface area contributed by atoms with E-state index in [0.717, 1.165) is 0 Å². The number of esters is 1. The van der Waals surface area contributed by atoms with Crippen LogP contribution < -0.4 is 4.74 Å². The summed E-state index contributed by atoms with van der Waals surface area (Å²) in [7, 11) is 1.36. The highest BCUT2D eigenvalue weighted by Crippen LogP contribution is 2.35. The van der Waals surface area contributed by atoms with Gasteiger partial charge in [0, 0.05) is 0 Å². The number of ether oxygens (including phenoxy) is 3. The molecule has 0 amide bonds. The van der Waals surface area contributed by atoms with Gasteiger partial charge in [0.15, 0.2) is 5.75 Å². The molecule has 27 heavy (non-hydrogen) atoms. The number of methoxy groups -OCH3 is 1. The fourth-order valence-electron chi connectivity index (χ4n) is 2.29. The Morgan fingerprint density at radius 2 is 1.93 bits per heavy atom. The number of carbonyl (C=O) groups excluding carboxylic acids is 1. The van der Waals surface area contributed by atoms with Gasteiger partial charge >= 0.3 is 5.97 Å². The van der Waals surface area contributed by atoms with Gasteiger partial charge in [0.25, 0.3) is 0 Å². The average molecular weight is 410 g/mol. The van der Waals surface area contributed by atoms with E-state index in [1.165, 1.54) is 25.5 Å². The zero-order valence-electron chi connectivity index (χ0n) is 14.2. The number of rotatable bonds is 7. The van der Waals surface area contributed by atoms with Crippen molar-refractivity contribution in [3.05, 3.63) is 69.4 Å². The van der Waals surface area contributed by atoms with Crippen molar-refractivity contribution < 1.29 is 23.4 Å². The van der Waals surface area contributed by atoms with E-state index >= 15 is 0 Å². The van der Waals surface area contributed by atoms with Crippen LogP contribution in [0.2, 0.25) is 10.0 Å². The fourth-order valence-corrected chi connectivity index (χ4v) is 2.88. The minimum absolute atomic E-state index is 0.00543. The summed E-state index contributed by atoms with van der Waals surface area (Å²) in [5, 5.41) is 9.30. The van der Waals surface area contributed by atoms with Crippen molar-refractivity contribution in [2.45, 2.75) is 6.61 Å². The van der Waals surface area contributed by atoms with E-state index in [-0.39, 0.29) is 28.0 Å². The molecule has 5 nitrogen and oxygen atoms in total. The maximum atomic E-state index is 12.4. The van der Waals surface area contributed by atoms with Crippen molar-refractivity contribution in [3.63, 3.8) is 0 Å². The third kappa shape index (κ3) is 5.13. The first-order valence-electron chi connectivity index (χ1n) is 7.58. The Morgan fingerprint density at radius 3 is 2.52 bits per heavy atom. The minimum Gasteiger partial charge on any atom is -0.503 e. The topological polar surface area (TPSA) is 68.6 Å². The summed E-state index contributed by atoms with van der Waals surface area (Å²) >= 11 is 12.2. The fraction of sp³-hybridized carbons (Fsp3) is 0.158. The molecule has 0 fully saturated rings. The standard InChI is InChI=1S/C19H14Cl2FNO4/c1-25-10-15(19(24)27-11-22)14-5-3-2-4-13(14)9-26-18-16(20)6-12(8-23)7-17(18)21/h2-7,10H,9,11H2,1H3/b15-10+. The van der Waals surface area contributed by atoms with Gasteiger partial charge in [0.1, 0.15) is 12.2 Å². The molecule has 2 rings (SSSR count). The molecule has 0 saturated heterocycles. The average Bonchev–Trinajstić information content (AvgIpc) is 2.66. The SMILES string of the molecule is CO/C=C(/C(=O)OCF)c1ccccc1COc1c(Cl)cc(C#N)cc1Cl. The van der Waals surface area contributed by atoms with Crippen LogP contribution in [-0.4, -0.2) is 19.9 Å². The van der Waals surface area contributed by atoms with Crippen molar-refractivity contribution in [1.29, 1.82) is 5.26 Å². The van der Waals surface area contributed by atoms with Gasteiger partial charge < -0.3 is 14.2 Å². The highest BCUT2D eigenvalue weighted by Gasteiger charge is 2.18. The number of hydrogen-bond acceptors (Lipinski definition) is 5. The van der Waals surface area contributed by atoms with E-state index < -0.39 is 12.8 Å². The lowest BCUT2D eigenvalue weighted by Gasteiger charge is -2.14. The molecule has 140 valence electrons. The van der Waals surface area contributed by atoms with Crippen LogP contribution >= 0.6 is 23.2 Å². The Bertz CT molecular complexity index is 886. The van der Waals surface area contributed by atoms with Gasteiger partial charge in [-0.05, 0) is 23.3 Å². The molecular formula is C19H14Cl2FNO4. The molecule has 8 heteroatoms. The lowest BCUT2D eigenvalue weighted by Crippen LogP contribution is -2.10. The van der Waals surface area contributed by atoms with Crippen LogP contribution in [-0.2, 0) is 20.9 Å². The maximum Gasteiger partial charge on any atom is 0.344 e. The second-order valence-corrected chi connectivity index (χ2v) is 5.95. The van der Waals surface area contributed by atoms with Crippen molar-refractivity contribution in [1.82, 2.24) is 0 Å². The number of carbonyl (C=O) groups is 1. The third-order valence-electron chi connectivity index (χ3n) is 3.45. The Labute approximate surface area is 165 Å². The molecule has 0 radical (unpaired) electrons. The zero-order chi connectivity index (χ0) is 19.8. The van der Waals surface area contributed by atoms with Gasteiger partial charge in [-0.25, -0.2) is 9.18 Å². The number of hydrogen-bond donors (Lipinski definition) is 0. The van der Waals surface area contributed by atoms with Gasteiger partial charge in [-0.3, -0.25) is 0 Å². The molecule has 0 N–H and O–H groups in total. The Morgan fingerprint density at radius 1 is 1.26 bits per heavy atom. The Kier molecular flexibility index (Phi) is 7.47. The third-order valence-corrected chi connectivity index (χ3v) is 4.01. The largest absolute Gasteiger partial charge is 0.503 e. The first-order chi connectivity index (χ1) is 13.0. The number of nitriles is 1. The zero-order valence-corrected chi connectivity index (χ0v) is 15.7. The van der Waals surface area contributed by atoms with Gasteiger partial charge in [-0.2, -0.15) is 5.26 Å². The summed E-state index contributed by atoms with van der Waals surface area (Å²) < 4.78 is 27.4. The smallest absolute Gasteiger partial charge is 0.344 e. The lowest BCUT2D eigenvalue weighted by atomic mass is 10.0. The summed E-state index contributed by atoms with van der Waals surface area (Å²) in [6, 6.07) is 11.6. The van der Waals surface area contributed by atoms with Crippen LogP contribution in [0.15, 0.2) is 42.7 Å². The predicted molar refractivity (Wildman–Crippen MR) is 99.0 cm³/mol. The van der Waals surface area contributed by atoms with Crippen molar-refractivity contribution >= 4 is 34.7 Å². The molecule has 0 aliphatic heterocycles. The van der Waals surface area contributed by atoms with Gasteiger partial charge in [-0.1, -0.05) is 47.5 Å². The predicted octanol–water partition coefficient (Wildman–Crippen LogP) is 4.90. The summed E-state index contributed by atoms with van der Waals surface area (Å²) in [5.41, 5.74) is 1.37. The molecular weight excluding hydrogens is 396 g/mol. The Balaban J connectivity index is 2.33. The molecule has 0 aliphatic carbocycles. The second-order valence-electron chi connectivity index (χ2n) is 5.13. The molecule has 2 aromatic rings.